The van der Waals surface area contributed by atoms with Gasteiger partial charge in [0, 0.05) is 41.1 Å². The Morgan fingerprint density at radius 2 is 1.67 bits per heavy atom. The van der Waals surface area contributed by atoms with E-state index in [4.69, 9.17) is 0 Å². The predicted molar refractivity (Wildman–Crippen MR) is 134 cm³/mol. The maximum atomic E-state index is 12.8. The number of para-hydroxylation sites is 2. The predicted octanol–water partition coefficient (Wildman–Crippen LogP) is 5.48. The second kappa shape index (κ2) is 10.4. The second-order valence-electron chi connectivity index (χ2n) is 7.59. The van der Waals surface area contributed by atoms with Crippen LogP contribution in [0.15, 0.2) is 97.2 Å². The molecule has 0 radical (unpaired) electrons. The minimum Gasteiger partial charge on any atom is -0.323 e. The summed E-state index contributed by atoms with van der Waals surface area (Å²) in [4.78, 5) is 31.3. The van der Waals surface area contributed by atoms with E-state index in [0.717, 1.165) is 27.7 Å². The molecule has 0 aliphatic rings. The number of nitrogens with zero attached hydrogens (tertiary/aromatic N) is 2. The van der Waals surface area contributed by atoms with Crippen molar-refractivity contribution >= 4 is 40.2 Å². The summed E-state index contributed by atoms with van der Waals surface area (Å²) in [6.45, 7) is 2.57. The van der Waals surface area contributed by atoms with Gasteiger partial charge in [-0.05, 0) is 48.9 Å². The fraction of sp³-hybridized carbons (Fsp3) is 0.107. The van der Waals surface area contributed by atoms with Gasteiger partial charge in [-0.3, -0.25) is 14.6 Å². The molecule has 4 rings (SSSR count). The number of hydrogen-bond acceptors (Lipinski definition) is 3. The van der Waals surface area contributed by atoms with Crippen molar-refractivity contribution in [1.82, 2.24) is 4.98 Å². The van der Waals surface area contributed by atoms with E-state index in [0.29, 0.717) is 18.7 Å². The smallest absolute Gasteiger partial charge is 0.248 e. The van der Waals surface area contributed by atoms with E-state index in [-0.39, 0.29) is 11.8 Å². The molecule has 0 saturated carbocycles. The van der Waals surface area contributed by atoms with E-state index in [1.807, 2.05) is 91.9 Å². The molecule has 0 saturated heterocycles. The van der Waals surface area contributed by atoms with Gasteiger partial charge < -0.3 is 10.2 Å². The number of carbonyl (C=O) groups excluding carboxylic acids is 2. The summed E-state index contributed by atoms with van der Waals surface area (Å²) in [7, 11) is 0. The number of benzene rings is 3. The molecule has 0 aliphatic heterocycles. The van der Waals surface area contributed by atoms with Crippen LogP contribution in [-0.4, -0.2) is 23.3 Å². The lowest BCUT2D eigenvalue weighted by Gasteiger charge is -2.21. The molecule has 1 N–H and O–H groups in total. The van der Waals surface area contributed by atoms with Crippen molar-refractivity contribution in [2.45, 2.75) is 13.3 Å². The van der Waals surface area contributed by atoms with E-state index < -0.39 is 0 Å². The molecule has 164 valence electrons. The zero-order valence-corrected chi connectivity index (χ0v) is 18.4. The van der Waals surface area contributed by atoms with Gasteiger partial charge in [-0.25, -0.2) is 0 Å². The number of hydrogen-bond donors (Lipinski definition) is 1. The Bertz CT molecular complexity index is 1280. The molecule has 1 heterocycles. The highest BCUT2D eigenvalue weighted by atomic mass is 16.2. The van der Waals surface area contributed by atoms with Crippen LogP contribution in [0.3, 0.4) is 0 Å². The zero-order valence-electron chi connectivity index (χ0n) is 18.4. The van der Waals surface area contributed by atoms with Crippen molar-refractivity contribution in [2.75, 3.05) is 16.8 Å². The Balaban J connectivity index is 1.37. The Morgan fingerprint density at radius 3 is 2.42 bits per heavy atom. The molecule has 0 fully saturated rings. The monoisotopic (exact) mass is 435 g/mol. The minimum absolute atomic E-state index is 0.0344. The molecule has 33 heavy (non-hydrogen) atoms. The summed E-state index contributed by atoms with van der Waals surface area (Å²) < 4.78 is 0. The van der Waals surface area contributed by atoms with Crippen LogP contribution in [0.2, 0.25) is 0 Å². The number of carbonyl (C=O) groups is 2. The summed E-state index contributed by atoms with van der Waals surface area (Å²) in [6.07, 6.45) is 5.30. The van der Waals surface area contributed by atoms with Crippen LogP contribution in [-0.2, 0) is 16.0 Å². The number of pyridine rings is 1. The molecule has 3 aromatic carbocycles. The first-order valence-electron chi connectivity index (χ1n) is 10.9. The number of nitrogens with one attached hydrogen (secondary N) is 1. The van der Waals surface area contributed by atoms with Crippen LogP contribution in [0.4, 0.5) is 11.4 Å². The second-order valence-corrected chi connectivity index (χ2v) is 7.59. The molecule has 1 aromatic heterocycles. The largest absolute Gasteiger partial charge is 0.323 e. The van der Waals surface area contributed by atoms with E-state index >= 15 is 0 Å². The summed E-state index contributed by atoms with van der Waals surface area (Å²) in [5.41, 5.74) is 4.20. The number of anilines is 2. The van der Waals surface area contributed by atoms with Crippen LogP contribution in [0.25, 0.3) is 17.0 Å². The van der Waals surface area contributed by atoms with Crippen molar-refractivity contribution < 1.29 is 9.59 Å². The average Bonchev–Trinajstić information content (AvgIpc) is 2.85. The van der Waals surface area contributed by atoms with Crippen LogP contribution < -0.4 is 10.2 Å². The first-order valence-corrected chi connectivity index (χ1v) is 10.9. The van der Waals surface area contributed by atoms with E-state index in [1.165, 1.54) is 6.08 Å². The highest BCUT2D eigenvalue weighted by molar-refractivity contribution is 6.03. The number of amides is 2. The highest BCUT2D eigenvalue weighted by Gasteiger charge is 2.14. The Morgan fingerprint density at radius 1 is 0.909 bits per heavy atom. The Labute approximate surface area is 193 Å². The van der Waals surface area contributed by atoms with E-state index in [9.17, 15) is 9.59 Å². The van der Waals surface area contributed by atoms with Crippen molar-refractivity contribution in [3.63, 3.8) is 0 Å². The Kier molecular flexibility index (Phi) is 6.90. The third kappa shape index (κ3) is 5.52. The van der Waals surface area contributed by atoms with Gasteiger partial charge in [0.25, 0.3) is 0 Å². The van der Waals surface area contributed by atoms with Crippen molar-refractivity contribution in [1.29, 1.82) is 0 Å². The first-order chi connectivity index (χ1) is 16.1. The molecular formula is C28H25N3O2. The van der Waals surface area contributed by atoms with Crippen LogP contribution in [0.1, 0.15) is 18.1 Å². The quantitative estimate of drug-likeness (QED) is 0.391. The van der Waals surface area contributed by atoms with Gasteiger partial charge in [0.2, 0.25) is 11.8 Å². The van der Waals surface area contributed by atoms with Crippen molar-refractivity contribution in [3.8, 4) is 0 Å². The number of fused-ring (bicyclic) bond motifs is 1. The average molecular weight is 436 g/mol. The Hall–Kier alpha value is -4.25. The van der Waals surface area contributed by atoms with Crippen LogP contribution in [0.5, 0.6) is 0 Å². The number of likely N-dealkylation sites (N-methyl/N-ethyl adjacent to an activating group) is 1. The first kappa shape index (κ1) is 22.0. The SMILES string of the molecule is CCN(C(=O)Cc1ccc(NC(=O)C=Cc2cccc3cccnc23)cc1)c1ccccc1. The van der Waals surface area contributed by atoms with Gasteiger partial charge in [0.1, 0.15) is 0 Å². The number of rotatable bonds is 7. The van der Waals surface area contributed by atoms with Crippen LogP contribution in [0, 0.1) is 0 Å². The van der Waals surface area contributed by atoms with Crippen LogP contribution >= 0.6 is 0 Å². The standard InChI is InChI=1S/C28H25N3O2/c1-2-31(25-11-4-3-5-12-25)27(33)20-21-13-16-24(17-14-21)30-26(32)18-15-23-9-6-8-22-10-7-19-29-28(22)23/h3-19H,2,20H2,1H3,(H,30,32). The molecule has 0 bridgehead atoms. The van der Waals surface area contributed by atoms with E-state index in [2.05, 4.69) is 10.3 Å². The fourth-order valence-electron chi connectivity index (χ4n) is 3.70. The summed E-state index contributed by atoms with van der Waals surface area (Å²) in [5.74, 6) is -0.194. The normalized spacial score (nSPS) is 10.9. The molecule has 4 aromatic rings. The third-order valence-corrected chi connectivity index (χ3v) is 5.34. The summed E-state index contributed by atoms with van der Waals surface area (Å²) in [6, 6.07) is 26.8. The summed E-state index contributed by atoms with van der Waals surface area (Å²) >= 11 is 0. The van der Waals surface area contributed by atoms with Gasteiger partial charge >= 0.3 is 0 Å². The minimum atomic E-state index is -0.229. The maximum absolute atomic E-state index is 12.8. The van der Waals surface area contributed by atoms with Gasteiger partial charge in [0.05, 0.1) is 11.9 Å². The third-order valence-electron chi connectivity index (χ3n) is 5.34. The molecular weight excluding hydrogens is 410 g/mol. The molecule has 0 spiro atoms. The molecule has 5 heteroatoms. The van der Waals surface area contributed by atoms with Gasteiger partial charge in [-0.1, -0.05) is 54.6 Å². The lowest BCUT2D eigenvalue weighted by molar-refractivity contribution is -0.118. The summed E-state index contributed by atoms with van der Waals surface area (Å²) in [5, 5.41) is 3.89. The fourth-order valence-corrected chi connectivity index (χ4v) is 3.70. The molecule has 2 amide bonds. The molecule has 0 atom stereocenters. The molecule has 0 unspecified atom stereocenters. The number of aromatic nitrogens is 1. The van der Waals surface area contributed by atoms with Gasteiger partial charge in [-0.2, -0.15) is 0 Å². The van der Waals surface area contributed by atoms with E-state index in [1.54, 1.807) is 17.2 Å². The van der Waals surface area contributed by atoms with Gasteiger partial charge in [0.15, 0.2) is 0 Å². The molecule has 0 aliphatic carbocycles. The maximum Gasteiger partial charge on any atom is 0.248 e. The molecule has 5 nitrogen and oxygen atoms in total. The van der Waals surface area contributed by atoms with Crippen molar-refractivity contribution in [2.24, 2.45) is 0 Å². The van der Waals surface area contributed by atoms with Crippen molar-refractivity contribution in [3.05, 3.63) is 108 Å². The van der Waals surface area contributed by atoms with Gasteiger partial charge in [-0.15, -0.1) is 0 Å². The highest BCUT2D eigenvalue weighted by Crippen LogP contribution is 2.18. The zero-order chi connectivity index (χ0) is 23.0. The lowest BCUT2D eigenvalue weighted by Crippen LogP contribution is -2.31. The topological polar surface area (TPSA) is 62.3 Å². The lowest BCUT2D eigenvalue weighted by atomic mass is 10.1.